The van der Waals surface area contributed by atoms with Crippen molar-refractivity contribution in [3.05, 3.63) is 34.3 Å². The molecule has 0 radical (unpaired) electrons. The number of aliphatic hydroxyl groups is 1. The van der Waals surface area contributed by atoms with E-state index in [4.69, 9.17) is 16.3 Å². The van der Waals surface area contributed by atoms with E-state index in [-0.39, 0.29) is 0 Å². The predicted octanol–water partition coefficient (Wildman–Crippen LogP) is 2.63. The summed E-state index contributed by atoms with van der Waals surface area (Å²) in [6.07, 6.45) is -1.40. The Morgan fingerprint density at radius 1 is 1.50 bits per heavy atom. The summed E-state index contributed by atoms with van der Waals surface area (Å²) in [4.78, 5) is 11.0. The predicted molar refractivity (Wildman–Crippen MR) is 62.4 cm³/mol. The van der Waals surface area contributed by atoms with Crippen LogP contribution in [0.15, 0.2) is 18.2 Å². The molecule has 3 nitrogen and oxygen atoms in total. The lowest BCUT2D eigenvalue weighted by molar-refractivity contribution is -0.152. The third-order valence-electron chi connectivity index (χ3n) is 2.27. The fraction of sp³-hybridized carbons (Fsp3) is 0.417. The van der Waals surface area contributed by atoms with E-state index in [2.05, 4.69) is 0 Å². The van der Waals surface area contributed by atoms with E-state index >= 15 is 0 Å². The summed E-state index contributed by atoms with van der Waals surface area (Å²) in [5.41, 5.74) is 1.66. The maximum atomic E-state index is 11.0. The first-order valence-corrected chi connectivity index (χ1v) is 5.41. The summed E-state index contributed by atoms with van der Waals surface area (Å²) in [5.74, 6) is -0.416. The highest BCUT2D eigenvalue weighted by molar-refractivity contribution is 6.30. The quantitative estimate of drug-likeness (QED) is 0.829. The standard InChI is InChI=1S/C12H15ClO3/c1-7-6-10(13)4-5-11(7)12(8(2)14)16-9(3)15/h4-6,8,12,14H,1-3H3. The molecular weight excluding hydrogens is 228 g/mol. The molecule has 4 heteroatoms. The topological polar surface area (TPSA) is 46.5 Å². The van der Waals surface area contributed by atoms with E-state index in [1.807, 2.05) is 6.92 Å². The lowest BCUT2D eigenvalue weighted by Gasteiger charge is -2.21. The molecule has 1 aromatic rings. The molecule has 0 bridgehead atoms. The van der Waals surface area contributed by atoms with Crippen LogP contribution < -0.4 is 0 Å². The van der Waals surface area contributed by atoms with Crippen LogP contribution in [0.2, 0.25) is 5.02 Å². The Hall–Kier alpha value is -1.06. The van der Waals surface area contributed by atoms with Crippen molar-refractivity contribution < 1.29 is 14.6 Å². The number of rotatable bonds is 3. The van der Waals surface area contributed by atoms with Crippen molar-refractivity contribution in [2.75, 3.05) is 0 Å². The SMILES string of the molecule is CC(=O)OC(c1ccc(Cl)cc1C)C(C)O. The minimum absolute atomic E-state index is 0.416. The Kier molecular flexibility index (Phi) is 4.33. The first kappa shape index (κ1) is 13.0. The van der Waals surface area contributed by atoms with Gasteiger partial charge in [0.2, 0.25) is 0 Å². The highest BCUT2D eigenvalue weighted by Gasteiger charge is 2.22. The Balaban J connectivity index is 3.05. The Labute approximate surface area is 100.0 Å². The van der Waals surface area contributed by atoms with Crippen LogP contribution >= 0.6 is 11.6 Å². The molecule has 0 saturated heterocycles. The number of hydrogen-bond donors (Lipinski definition) is 1. The van der Waals surface area contributed by atoms with E-state index in [0.717, 1.165) is 11.1 Å². The van der Waals surface area contributed by atoms with Gasteiger partial charge in [0.15, 0.2) is 6.10 Å². The minimum Gasteiger partial charge on any atom is -0.455 e. The van der Waals surface area contributed by atoms with Gasteiger partial charge in [-0.1, -0.05) is 17.7 Å². The molecule has 0 fully saturated rings. The fourth-order valence-electron chi connectivity index (χ4n) is 1.56. The minimum atomic E-state index is -0.760. The van der Waals surface area contributed by atoms with Crippen molar-refractivity contribution in [1.29, 1.82) is 0 Å². The lowest BCUT2D eigenvalue weighted by Crippen LogP contribution is -2.21. The van der Waals surface area contributed by atoms with Crippen LogP contribution in [0, 0.1) is 6.92 Å². The number of esters is 1. The van der Waals surface area contributed by atoms with Crippen LogP contribution in [-0.4, -0.2) is 17.2 Å². The number of benzene rings is 1. The smallest absolute Gasteiger partial charge is 0.303 e. The van der Waals surface area contributed by atoms with E-state index in [1.54, 1.807) is 25.1 Å². The summed E-state index contributed by atoms with van der Waals surface area (Å²) >= 11 is 5.84. The average molecular weight is 243 g/mol. The molecule has 0 spiro atoms. The first-order chi connectivity index (χ1) is 7.41. The summed E-state index contributed by atoms with van der Waals surface area (Å²) < 4.78 is 5.09. The normalized spacial score (nSPS) is 14.3. The molecular formula is C12H15ClO3. The Bertz CT molecular complexity index is 388. The fourth-order valence-corrected chi connectivity index (χ4v) is 1.79. The monoisotopic (exact) mass is 242 g/mol. The molecule has 0 aliphatic rings. The van der Waals surface area contributed by atoms with E-state index < -0.39 is 18.2 Å². The van der Waals surface area contributed by atoms with Gasteiger partial charge in [0.1, 0.15) is 0 Å². The van der Waals surface area contributed by atoms with Crippen molar-refractivity contribution in [2.24, 2.45) is 0 Å². The highest BCUT2D eigenvalue weighted by atomic mass is 35.5. The second-order valence-corrected chi connectivity index (χ2v) is 4.21. The molecule has 16 heavy (non-hydrogen) atoms. The molecule has 0 amide bonds. The van der Waals surface area contributed by atoms with Gasteiger partial charge in [0.05, 0.1) is 6.10 Å². The number of carbonyl (C=O) groups excluding carboxylic acids is 1. The molecule has 0 saturated carbocycles. The zero-order valence-corrected chi connectivity index (χ0v) is 10.3. The zero-order chi connectivity index (χ0) is 12.3. The summed E-state index contributed by atoms with van der Waals surface area (Å²) in [6.45, 7) is 4.77. The molecule has 0 aromatic heterocycles. The number of ether oxygens (including phenoxy) is 1. The van der Waals surface area contributed by atoms with Gasteiger partial charge >= 0.3 is 5.97 Å². The zero-order valence-electron chi connectivity index (χ0n) is 9.53. The van der Waals surface area contributed by atoms with Crippen molar-refractivity contribution in [3.8, 4) is 0 Å². The summed E-state index contributed by atoms with van der Waals surface area (Å²) in [7, 11) is 0. The van der Waals surface area contributed by atoms with Gasteiger partial charge in [-0.15, -0.1) is 0 Å². The van der Waals surface area contributed by atoms with Crippen molar-refractivity contribution >= 4 is 17.6 Å². The Morgan fingerprint density at radius 2 is 2.12 bits per heavy atom. The van der Waals surface area contributed by atoms with Crippen LogP contribution in [0.4, 0.5) is 0 Å². The van der Waals surface area contributed by atoms with Crippen LogP contribution in [0.1, 0.15) is 31.1 Å². The maximum absolute atomic E-state index is 11.0. The highest BCUT2D eigenvalue weighted by Crippen LogP contribution is 2.26. The van der Waals surface area contributed by atoms with Crippen molar-refractivity contribution in [3.63, 3.8) is 0 Å². The number of aliphatic hydroxyl groups excluding tert-OH is 1. The summed E-state index contributed by atoms with van der Waals surface area (Å²) in [6, 6.07) is 5.25. The van der Waals surface area contributed by atoms with Gasteiger partial charge in [0, 0.05) is 11.9 Å². The molecule has 0 aliphatic heterocycles. The molecule has 0 aliphatic carbocycles. The maximum Gasteiger partial charge on any atom is 0.303 e. The largest absolute Gasteiger partial charge is 0.455 e. The molecule has 1 rings (SSSR count). The number of halogens is 1. The van der Waals surface area contributed by atoms with Gasteiger partial charge in [-0.2, -0.15) is 0 Å². The molecule has 0 heterocycles. The van der Waals surface area contributed by atoms with Crippen LogP contribution in [-0.2, 0) is 9.53 Å². The van der Waals surface area contributed by atoms with Gasteiger partial charge < -0.3 is 9.84 Å². The molecule has 2 unspecified atom stereocenters. The summed E-state index contributed by atoms with van der Waals surface area (Å²) in [5, 5.41) is 10.2. The van der Waals surface area contributed by atoms with Crippen LogP contribution in [0.5, 0.6) is 0 Å². The number of carbonyl (C=O) groups is 1. The molecule has 1 N–H and O–H groups in total. The molecule has 2 atom stereocenters. The first-order valence-electron chi connectivity index (χ1n) is 5.03. The van der Waals surface area contributed by atoms with Crippen molar-refractivity contribution in [1.82, 2.24) is 0 Å². The molecule has 1 aromatic carbocycles. The van der Waals surface area contributed by atoms with Crippen molar-refractivity contribution in [2.45, 2.75) is 33.0 Å². The van der Waals surface area contributed by atoms with E-state index in [1.165, 1.54) is 6.92 Å². The van der Waals surface area contributed by atoms with Gasteiger partial charge in [-0.25, -0.2) is 0 Å². The number of hydrogen-bond acceptors (Lipinski definition) is 3. The van der Waals surface area contributed by atoms with Gasteiger partial charge in [0.25, 0.3) is 0 Å². The second kappa shape index (κ2) is 5.32. The Morgan fingerprint density at radius 3 is 2.56 bits per heavy atom. The van der Waals surface area contributed by atoms with Gasteiger partial charge in [-0.3, -0.25) is 4.79 Å². The third kappa shape index (κ3) is 3.22. The van der Waals surface area contributed by atoms with Crippen LogP contribution in [0.25, 0.3) is 0 Å². The lowest BCUT2D eigenvalue weighted by atomic mass is 10.00. The van der Waals surface area contributed by atoms with Gasteiger partial charge in [-0.05, 0) is 37.1 Å². The van der Waals surface area contributed by atoms with E-state index in [9.17, 15) is 9.90 Å². The molecule has 88 valence electrons. The van der Waals surface area contributed by atoms with Crippen LogP contribution in [0.3, 0.4) is 0 Å². The number of aryl methyl sites for hydroxylation is 1. The third-order valence-corrected chi connectivity index (χ3v) is 2.50. The van der Waals surface area contributed by atoms with E-state index in [0.29, 0.717) is 5.02 Å². The average Bonchev–Trinajstić information content (AvgIpc) is 2.14. The second-order valence-electron chi connectivity index (χ2n) is 3.77.